The Morgan fingerprint density at radius 1 is 1.07 bits per heavy atom. The molecule has 0 spiro atoms. The summed E-state index contributed by atoms with van der Waals surface area (Å²) in [6, 6.07) is 15.4. The van der Waals surface area contributed by atoms with Gasteiger partial charge in [-0.2, -0.15) is 5.01 Å². The van der Waals surface area contributed by atoms with Crippen molar-refractivity contribution in [2.75, 3.05) is 6.61 Å². The molecule has 2 aromatic carbocycles. The first-order valence-corrected chi connectivity index (χ1v) is 9.59. The number of amides is 4. The quantitative estimate of drug-likeness (QED) is 0.537. The van der Waals surface area contributed by atoms with Crippen LogP contribution in [0.25, 0.3) is 0 Å². The molecule has 8 heteroatoms. The minimum absolute atomic E-state index is 0.0238. The van der Waals surface area contributed by atoms with Crippen LogP contribution in [0, 0.1) is 6.92 Å². The maximum Gasteiger partial charge on any atom is 0.344 e. The number of benzene rings is 2. The number of carbonyl (C=O) groups is 4. The van der Waals surface area contributed by atoms with Crippen LogP contribution in [0.2, 0.25) is 0 Å². The van der Waals surface area contributed by atoms with Gasteiger partial charge in [0.15, 0.2) is 6.61 Å². The highest BCUT2D eigenvalue weighted by molar-refractivity contribution is 6.08. The van der Waals surface area contributed by atoms with E-state index in [9.17, 15) is 19.2 Å². The van der Waals surface area contributed by atoms with E-state index in [-0.39, 0.29) is 6.42 Å². The summed E-state index contributed by atoms with van der Waals surface area (Å²) in [6.07, 6.45) is 0.329. The highest BCUT2D eigenvalue weighted by atomic mass is 16.5. The molecule has 0 aliphatic carbocycles. The van der Waals surface area contributed by atoms with E-state index < -0.39 is 36.0 Å². The molecule has 4 amide bonds. The van der Waals surface area contributed by atoms with Gasteiger partial charge in [-0.3, -0.25) is 19.8 Å². The SMILES string of the molecule is CC[C@@]1(c2ccccc2)NC(=O)N(NC(=O)COC(=O)Cc2ccccc2C)C1=O. The third-order valence-corrected chi connectivity index (χ3v) is 5.09. The maximum absolute atomic E-state index is 12.9. The molecule has 1 aliphatic rings. The van der Waals surface area contributed by atoms with Crippen molar-refractivity contribution >= 4 is 23.8 Å². The first-order valence-electron chi connectivity index (χ1n) is 9.59. The molecule has 156 valence electrons. The van der Waals surface area contributed by atoms with Crippen LogP contribution in [0.5, 0.6) is 0 Å². The largest absolute Gasteiger partial charge is 0.455 e. The number of ether oxygens (including phenoxy) is 1. The van der Waals surface area contributed by atoms with Gasteiger partial charge in [0.05, 0.1) is 6.42 Å². The second-order valence-corrected chi connectivity index (χ2v) is 6.99. The Hall–Kier alpha value is -3.68. The van der Waals surface area contributed by atoms with Gasteiger partial charge in [-0.1, -0.05) is 61.5 Å². The van der Waals surface area contributed by atoms with Gasteiger partial charge in [0, 0.05) is 0 Å². The summed E-state index contributed by atoms with van der Waals surface area (Å²) in [6.45, 7) is 3.04. The first-order chi connectivity index (χ1) is 14.4. The molecule has 0 saturated carbocycles. The minimum Gasteiger partial charge on any atom is -0.455 e. The summed E-state index contributed by atoms with van der Waals surface area (Å²) in [4.78, 5) is 49.5. The van der Waals surface area contributed by atoms with Crippen molar-refractivity contribution in [1.29, 1.82) is 0 Å². The average Bonchev–Trinajstić information content (AvgIpc) is 2.99. The summed E-state index contributed by atoms with van der Waals surface area (Å²) in [5, 5.41) is 3.29. The van der Waals surface area contributed by atoms with Crippen molar-refractivity contribution in [3.63, 3.8) is 0 Å². The van der Waals surface area contributed by atoms with Crippen LogP contribution in [0.3, 0.4) is 0 Å². The van der Waals surface area contributed by atoms with Gasteiger partial charge >= 0.3 is 12.0 Å². The van der Waals surface area contributed by atoms with E-state index in [0.29, 0.717) is 17.0 Å². The summed E-state index contributed by atoms with van der Waals surface area (Å²) < 4.78 is 4.99. The van der Waals surface area contributed by atoms with Gasteiger partial charge in [-0.25, -0.2) is 4.79 Å². The molecule has 30 heavy (non-hydrogen) atoms. The highest BCUT2D eigenvalue weighted by Gasteiger charge is 2.52. The summed E-state index contributed by atoms with van der Waals surface area (Å²) in [5.41, 5.74) is 3.32. The molecule has 1 fully saturated rings. The number of carbonyl (C=O) groups excluding carboxylic acids is 4. The highest BCUT2D eigenvalue weighted by Crippen LogP contribution is 2.31. The Morgan fingerprint density at radius 2 is 1.73 bits per heavy atom. The molecular weight excluding hydrogens is 386 g/mol. The monoisotopic (exact) mass is 409 g/mol. The molecule has 1 heterocycles. The number of nitrogens with zero attached hydrogens (tertiary/aromatic N) is 1. The van der Waals surface area contributed by atoms with Crippen molar-refractivity contribution < 1.29 is 23.9 Å². The van der Waals surface area contributed by atoms with Gasteiger partial charge in [-0.15, -0.1) is 0 Å². The van der Waals surface area contributed by atoms with Crippen LogP contribution in [0.15, 0.2) is 54.6 Å². The fourth-order valence-electron chi connectivity index (χ4n) is 3.36. The first kappa shape index (κ1) is 21.0. The normalized spacial score (nSPS) is 18.1. The number of esters is 1. The smallest absolute Gasteiger partial charge is 0.344 e. The van der Waals surface area contributed by atoms with Crippen molar-refractivity contribution in [3.05, 3.63) is 71.3 Å². The van der Waals surface area contributed by atoms with Gasteiger partial charge in [0.1, 0.15) is 5.54 Å². The third-order valence-electron chi connectivity index (χ3n) is 5.09. The molecule has 2 aromatic rings. The molecule has 0 unspecified atom stereocenters. The third kappa shape index (κ3) is 4.17. The summed E-state index contributed by atoms with van der Waals surface area (Å²) in [5.74, 6) is -1.96. The van der Waals surface area contributed by atoms with Crippen LogP contribution in [0.4, 0.5) is 4.79 Å². The van der Waals surface area contributed by atoms with E-state index in [1.807, 2.05) is 25.1 Å². The molecule has 0 bridgehead atoms. The lowest BCUT2D eigenvalue weighted by Gasteiger charge is -2.25. The predicted octanol–water partition coefficient (Wildman–Crippen LogP) is 1.97. The second kappa shape index (κ2) is 8.77. The average molecular weight is 409 g/mol. The number of urea groups is 1. The Morgan fingerprint density at radius 3 is 2.40 bits per heavy atom. The van der Waals surface area contributed by atoms with E-state index in [4.69, 9.17) is 4.74 Å². The Labute approximate surface area is 174 Å². The van der Waals surface area contributed by atoms with E-state index in [0.717, 1.165) is 11.1 Å². The minimum atomic E-state index is -1.26. The van der Waals surface area contributed by atoms with Crippen molar-refractivity contribution in [1.82, 2.24) is 15.8 Å². The lowest BCUT2D eigenvalue weighted by Crippen LogP contribution is -2.49. The molecule has 0 aromatic heterocycles. The maximum atomic E-state index is 12.9. The summed E-state index contributed by atoms with van der Waals surface area (Å²) >= 11 is 0. The van der Waals surface area contributed by atoms with E-state index >= 15 is 0 Å². The Kier molecular flexibility index (Phi) is 6.15. The molecule has 1 atom stereocenters. The van der Waals surface area contributed by atoms with E-state index in [2.05, 4.69) is 10.7 Å². The van der Waals surface area contributed by atoms with Crippen LogP contribution in [0.1, 0.15) is 30.0 Å². The van der Waals surface area contributed by atoms with Gasteiger partial charge < -0.3 is 10.1 Å². The number of nitrogens with one attached hydrogen (secondary N) is 2. The fraction of sp³-hybridized carbons (Fsp3) is 0.273. The van der Waals surface area contributed by atoms with Gasteiger partial charge in [0.2, 0.25) is 0 Å². The molecule has 0 radical (unpaired) electrons. The van der Waals surface area contributed by atoms with Crippen molar-refractivity contribution in [3.8, 4) is 0 Å². The fourth-order valence-corrected chi connectivity index (χ4v) is 3.36. The number of rotatable bonds is 7. The zero-order valence-corrected chi connectivity index (χ0v) is 16.8. The molecule has 2 N–H and O–H groups in total. The van der Waals surface area contributed by atoms with Crippen LogP contribution in [-0.2, 0) is 31.1 Å². The van der Waals surface area contributed by atoms with Crippen LogP contribution in [-0.4, -0.2) is 35.4 Å². The molecule has 1 saturated heterocycles. The number of hydrogen-bond acceptors (Lipinski definition) is 5. The number of hydrazine groups is 1. The molecular formula is C22H23N3O5. The Balaban J connectivity index is 1.60. The van der Waals surface area contributed by atoms with Crippen molar-refractivity contribution in [2.45, 2.75) is 32.2 Å². The molecule has 8 nitrogen and oxygen atoms in total. The van der Waals surface area contributed by atoms with Gasteiger partial charge in [0.25, 0.3) is 11.8 Å². The number of aryl methyl sites for hydroxylation is 1. The van der Waals surface area contributed by atoms with Crippen LogP contribution < -0.4 is 10.7 Å². The lowest BCUT2D eigenvalue weighted by molar-refractivity contribution is -0.150. The van der Waals surface area contributed by atoms with Crippen LogP contribution >= 0.6 is 0 Å². The zero-order chi connectivity index (χ0) is 21.7. The Bertz CT molecular complexity index is 976. The zero-order valence-electron chi connectivity index (χ0n) is 16.8. The predicted molar refractivity (Wildman–Crippen MR) is 108 cm³/mol. The number of hydrogen-bond donors (Lipinski definition) is 2. The topological polar surface area (TPSA) is 105 Å². The standard InChI is InChI=1S/C22H23N3O5/c1-3-22(17-11-5-4-6-12-17)20(28)25(21(29)23-22)24-18(26)14-30-19(27)13-16-10-8-7-9-15(16)2/h4-12H,3,13-14H2,1-2H3,(H,23,29)(H,24,26)/t22-/m0/s1. The summed E-state index contributed by atoms with van der Waals surface area (Å²) in [7, 11) is 0. The lowest BCUT2D eigenvalue weighted by atomic mass is 9.87. The van der Waals surface area contributed by atoms with Crippen molar-refractivity contribution in [2.24, 2.45) is 0 Å². The molecule has 3 rings (SSSR count). The van der Waals surface area contributed by atoms with E-state index in [1.54, 1.807) is 43.3 Å². The number of imide groups is 1. The van der Waals surface area contributed by atoms with E-state index in [1.165, 1.54) is 0 Å². The molecule has 1 aliphatic heterocycles. The second-order valence-electron chi connectivity index (χ2n) is 6.99. The van der Waals surface area contributed by atoms with Gasteiger partial charge in [-0.05, 0) is 30.0 Å².